The summed E-state index contributed by atoms with van der Waals surface area (Å²) in [5.41, 5.74) is 22.2. The maximum Gasteiger partial charge on any atom is 0.0493 e. The highest BCUT2D eigenvalue weighted by Crippen LogP contribution is 2.54. The predicted molar refractivity (Wildman–Crippen MR) is 275 cm³/mol. The third-order valence-electron chi connectivity index (χ3n) is 16.4. The fourth-order valence-electron chi connectivity index (χ4n) is 11.6. The molecule has 0 heterocycles. The van der Waals surface area contributed by atoms with Gasteiger partial charge in [0.1, 0.15) is 0 Å². The second-order valence-electron chi connectivity index (χ2n) is 25.4. The Labute approximate surface area is 383 Å². The van der Waals surface area contributed by atoms with Crippen molar-refractivity contribution in [3.63, 3.8) is 0 Å². The molecule has 0 radical (unpaired) electrons. The Bertz CT molecular complexity index is 2600. The molecule has 0 atom stereocenters. The summed E-state index contributed by atoms with van der Waals surface area (Å²) in [6, 6.07) is 34.4. The van der Waals surface area contributed by atoms with Gasteiger partial charge in [-0.2, -0.15) is 0 Å². The van der Waals surface area contributed by atoms with E-state index in [1.807, 2.05) is 0 Å². The van der Waals surface area contributed by atoms with Crippen LogP contribution in [0.4, 0.5) is 34.1 Å². The summed E-state index contributed by atoms with van der Waals surface area (Å²) in [6.45, 7) is 43.4. The van der Waals surface area contributed by atoms with Crippen molar-refractivity contribution < 1.29 is 0 Å². The Morgan fingerprint density at radius 3 is 1.14 bits per heavy atom. The second-order valence-corrected chi connectivity index (χ2v) is 25.4. The van der Waals surface area contributed by atoms with Gasteiger partial charge in [-0.3, -0.25) is 0 Å². The normalized spacial score (nSPS) is 20.0. The van der Waals surface area contributed by atoms with Gasteiger partial charge in [0.25, 0.3) is 0 Å². The monoisotopic (exact) mass is 841 g/mol. The molecule has 0 aromatic heterocycles. The zero-order chi connectivity index (χ0) is 46.0. The van der Waals surface area contributed by atoms with Crippen molar-refractivity contribution >= 4 is 34.1 Å². The SMILES string of the molecule is Cc1cc(N(c2cccc(C(C)(C)C)c2)c2cc3c(cc2C)C(C)(C)CCC3(C)C)cc(N(c2ccc3c(c2)C(C)(C)CCC3(C)C)c2cc3c(cc2C)C(C)(C)CCC3(C)C)c1. The average molecular weight is 841 g/mol. The van der Waals surface area contributed by atoms with Gasteiger partial charge in [0.15, 0.2) is 0 Å². The van der Waals surface area contributed by atoms with E-state index in [2.05, 4.69) is 219 Å². The van der Waals surface area contributed by atoms with Gasteiger partial charge in [0.05, 0.1) is 0 Å². The van der Waals surface area contributed by atoms with E-state index in [1.54, 1.807) is 0 Å². The molecule has 63 heavy (non-hydrogen) atoms. The molecular weight excluding hydrogens is 761 g/mol. The van der Waals surface area contributed by atoms with Gasteiger partial charge < -0.3 is 9.80 Å². The number of fused-ring (bicyclic) bond motifs is 3. The molecule has 334 valence electrons. The molecule has 0 spiro atoms. The van der Waals surface area contributed by atoms with Crippen LogP contribution < -0.4 is 9.80 Å². The number of aryl methyl sites for hydroxylation is 3. The zero-order valence-corrected chi connectivity index (χ0v) is 42.7. The van der Waals surface area contributed by atoms with Crippen LogP contribution in [0.3, 0.4) is 0 Å². The molecule has 8 rings (SSSR count). The zero-order valence-electron chi connectivity index (χ0n) is 42.7. The van der Waals surface area contributed by atoms with E-state index in [9.17, 15) is 0 Å². The number of rotatable bonds is 6. The molecule has 5 aromatic carbocycles. The molecule has 0 fully saturated rings. The molecule has 0 bridgehead atoms. The number of hydrogen-bond donors (Lipinski definition) is 0. The topological polar surface area (TPSA) is 6.48 Å². The van der Waals surface area contributed by atoms with Crippen molar-refractivity contribution in [3.8, 4) is 0 Å². The first-order chi connectivity index (χ1) is 29.0. The summed E-state index contributed by atoms with van der Waals surface area (Å²) in [5, 5.41) is 0. The highest BCUT2D eigenvalue weighted by Gasteiger charge is 2.41. The quantitative estimate of drug-likeness (QED) is 0.168. The van der Waals surface area contributed by atoms with Crippen molar-refractivity contribution in [1.29, 1.82) is 0 Å². The molecule has 0 N–H and O–H groups in total. The van der Waals surface area contributed by atoms with Crippen molar-refractivity contribution in [2.45, 2.75) is 201 Å². The lowest BCUT2D eigenvalue weighted by Gasteiger charge is -2.44. The molecule has 2 heteroatoms. The summed E-state index contributed by atoms with van der Waals surface area (Å²) >= 11 is 0. The minimum atomic E-state index is 0.00820. The Balaban J connectivity index is 1.42. The minimum Gasteiger partial charge on any atom is -0.310 e. The highest BCUT2D eigenvalue weighted by atomic mass is 15.2. The minimum absolute atomic E-state index is 0.00820. The van der Waals surface area contributed by atoms with E-state index >= 15 is 0 Å². The molecule has 0 unspecified atom stereocenters. The number of anilines is 6. The number of benzene rings is 5. The van der Waals surface area contributed by atoms with Crippen LogP contribution in [0.5, 0.6) is 0 Å². The van der Waals surface area contributed by atoms with Gasteiger partial charge in [-0.05, 0) is 207 Å². The lowest BCUT2D eigenvalue weighted by molar-refractivity contribution is 0.331. The number of nitrogens with zero attached hydrogens (tertiary/aromatic N) is 2. The standard InChI is InChI=1S/C61H80N2/c1-39-30-45(62(43-21-19-20-42(34-43)55(4,5)6)53-37-51-48(32-40(53)2)57(9,10)26-28-60(51,15)16)35-46(31-39)63(44-22-23-47-50(36-44)59(13,14)25-24-56(47,7)8)54-38-52-49(33-41(54)3)58(11,12)27-29-61(52,17)18/h19-23,30-38H,24-29H2,1-18H3. The van der Waals surface area contributed by atoms with E-state index < -0.39 is 0 Å². The van der Waals surface area contributed by atoms with Crippen molar-refractivity contribution in [3.05, 3.63) is 141 Å². The third kappa shape index (κ3) is 7.99. The van der Waals surface area contributed by atoms with Gasteiger partial charge in [-0.15, -0.1) is 0 Å². The van der Waals surface area contributed by atoms with Gasteiger partial charge in [0.2, 0.25) is 0 Å². The van der Waals surface area contributed by atoms with Gasteiger partial charge in [0, 0.05) is 34.1 Å². The summed E-state index contributed by atoms with van der Waals surface area (Å²) in [4.78, 5) is 5.21. The van der Waals surface area contributed by atoms with Crippen LogP contribution in [-0.4, -0.2) is 0 Å². The molecular formula is C61H80N2. The summed E-state index contributed by atoms with van der Waals surface area (Å²) in [7, 11) is 0. The van der Waals surface area contributed by atoms with Crippen LogP contribution in [0.1, 0.15) is 198 Å². The summed E-state index contributed by atoms with van der Waals surface area (Å²) in [6.07, 6.45) is 7.16. The fourth-order valence-corrected chi connectivity index (χ4v) is 11.6. The Morgan fingerprint density at radius 2 is 0.730 bits per heavy atom. The van der Waals surface area contributed by atoms with Crippen LogP contribution in [0, 0.1) is 20.8 Å². The second kappa shape index (κ2) is 14.9. The summed E-state index contributed by atoms with van der Waals surface area (Å²) in [5.74, 6) is 0. The Kier molecular flexibility index (Phi) is 10.7. The molecule has 0 saturated carbocycles. The van der Waals surface area contributed by atoms with Crippen LogP contribution in [0.25, 0.3) is 0 Å². The Hall–Kier alpha value is -4.30. The predicted octanol–water partition coefficient (Wildman–Crippen LogP) is 17.9. The fraction of sp³-hybridized carbons (Fsp3) is 0.508. The molecule has 0 aliphatic heterocycles. The van der Waals surface area contributed by atoms with E-state index in [1.165, 1.54) is 128 Å². The first-order valence-corrected chi connectivity index (χ1v) is 24.3. The molecule has 0 amide bonds. The molecule has 3 aliphatic rings. The molecule has 3 aliphatic carbocycles. The maximum absolute atomic E-state index is 2.62. The van der Waals surface area contributed by atoms with Crippen LogP contribution in [-0.2, 0) is 37.9 Å². The van der Waals surface area contributed by atoms with Gasteiger partial charge in [-0.25, -0.2) is 0 Å². The van der Waals surface area contributed by atoms with Gasteiger partial charge in [-0.1, -0.05) is 134 Å². The van der Waals surface area contributed by atoms with E-state index in [0.29, 0.717) is 0 Å². The van der Waals surface area contributed by atoms with Crippen molar-refractivity contribution in [2.24, 2.45) is 0 Å². The smallest absolute Gasteiger partial charge is 0.0493 e. The highest BCUT2D eigenvalue weighted by molar-refractivity contribution is 5.86. The van der Waals surface area contributed by atoms with E-state index in [-0.39, 0.29) is 37.9 Å². The molecule has 0 saturated heterocycles. The van der Waals surface area contributed by atoms with E-state index in [0.717, 1.165) is 0 Å². The van der Waals surface area contributed by atoms with Crippen LogP contribution >= 0.6 is 0 Å². The first-order valence-electron chi connectivity index (χ1n) is 24.3. The third-order valence-corrected chi connectivity index (χ3v) is 16.4. The molecule has 5 aromatic rings. The van der Waals surface area contributed by atoms with Crippen molar-refractivity contribution in [2.75, 3.05) is 9.80 Å². The molecule has 2 nitrogen and oxygen atoms in total. The average Bonchev–Trinajstić information content (AvgIpc) is 3.18. The maximum atomic E-state index is 2.62. The largest absolute Gasteiger partial charge is 0.310 e. The number of hydrogen-bond acceptors (Lipinski definition) is 2. The van der Waals surface area contributed by atoms with E-state index in [4.69, 9.17) is 0 Å². The van der Waals surface area contributed by atoms with Crippen LogP contribution in [0.2, 0.25) is 0 Å². The van der Waals surface area contributed by atoms with Crippen LogP contribution in [0.15, 0.2) is 84.9 Å². The summed E-state index contributed by atoms with van der Waals surface area (Å²) < 4.78 is 0. The first kappa shape index (κ1) is 45.3. The lowest BCUT2D eigenvalue weighted by Crippen LogP contribution is -2.34. The van der Waals surface area contributed by atoms with Crippen molar-refractivity contribution in [1.82, 2.24) is 0 Å². The Morgan fingerprint density at radius 1 is 0.365 bits per heavy atom. The lowest BCUT2D eigenvalue weighted by atomic mass is 9.62. The van der Waals surface area contributed by atoms with Gasteiger partial charge >= 0.3 is 0 Å².